The minimum atomic E-state index is -0.484. The van der Waals surface area contributed by atoms with Gasteiger partial charge in [0, 0.05) is 49.8 Å². The normalized spacial score (nSPS) is 14.7. The first-order valence-corrected chi connectivity index (χ1v) is 11.8. The highest BCUT2D eigenvalue weighted by atomic mass is 35.5. The fourth-order valence-electron chi connectivity index (χ4n) is 4.43. The lowest BCUT2D eigenvalue weighted by molar-refractivity contribution is 0.248. The van der Waals surface area contributed by atoms with Crippen molar-refractivity contribution in [1.29, 1.82) is 0 Å². The maximum Gasteiger partial charge on any atom is 0.329 e. The number of nitrogens with zero attached hydrogens (tertiary/aromatic N) is 5. The maximum atomic E-state index is 12.8. The van der Waals surface area contributed by atoms with Gasteiger partial charge in [-0.1, -0.05) is 47.5 Å². The molecule has 2 aromatic heterocycles. The van der Waals surface area contributed by atoms with Crippen LogP contribution in [0.15, 0.2) is 58.1 Å². The zero-order valence-corrected chi connectivity index (χ0v) is 20.2. The number of nitrogens with one attached hydrogen (secondary N) is 1. The van der Waals surface area contributed by atoms with E-state index >= 15 is 0 Å². The van der Waals surface area contributed by atoms with Crippen LogP contribution in [-0.2, 0) is 20.1 Å². The molecule has 1 N–H and O–H groups in total. The number of imidazole rings is 1. The summed E-state index contributed by atoms with van der Waals surface area (Å²) in [6.07, 6.45) is 0. The van der Waals surface area contributed by atoms with Crippen LogP contribution < -0.4 is 16.1 Å². The molecule has 3 heterocycles. The summed E-state index contributed by atoms with van der Waals surface area (Å²) in [4.78, 5) is 36.7. The third-order valence-electron chi connectivity index (χ3n) is 6.17. The average molecular weight is 499 g/mol. The number of anilines is 1. The molecule has 2 aromatic carbocycles. The van der Waals surface area contributed by atoms with Crippen LogP contribution in [0.4, 0.5) is 5.95 Å². The van der Waals surface area contributed by atoms with E-state index in [0.29, 0.717) is 28.7 Å². The summed E-state index contributed by atoms with van der Waals surface area (Å²) >= 11 is 12.3. The summed E-state index contributed by atoms with van der Waals surface area (Å²) in [7, 11) is 1.62. The number of aromatic nitrogens is 4. The first-order chi connectivity index (χ1) is 16.4. The third-order valence-corrected chi connectivity index (χ3v) is 6.64. The lowest BCUT2D eigenvalue weighted by Crippen LogP contribution is -2.46. The lowest BCUT2D eigenvalue weighted by atomic mass is 10.2. The van der Waals surface area contributed by atoms with Gasteiger partial charge in [-0.25, -0.2) is 4.79 Å². The number of fused-ring (bicyclic) bond motifs is 1. The Bertz CT molecular complexity index is 1470. The monoisotopic (exact) mass is 498 g/mol. The first kappa shape index (κ1) is 22.7. The Morgan fingerprint density at radius 1 is 0.912 bits per heavy atom. The molecule has 10 heteroatoms. The van der Waals surface area contributed by atoms with Crippen LogP contribution in [0.1, 0.15) is 11.1 Å². The Morgan fingerprint density at radius 2 is 1.53 bits per heavy atom. The van der Waals surface area contributed by atoms with Gasteiger partial charge in [0.2, 0.25) is 5.95 Å². The van der Waals surface area contributed by atoms with Crippen molar-refractivity contribution in [2.75, 3.05) is 31.1 Å². The first-order valence-electron chi connectivity index (χ1n) is 11.0. The molecule has 0 amide bonds. The number of aryl methyl sites for hydroxylation is 1. The van der Waals surface area contributed by atoms with Gasteiger partial charge in [0.25, 0.3) is 5.56 Å². The highest BCUT2D eigenvalue weighted by Crippen LogP contribution is 2.24. The summed E-state index contributed by atoms with van der Waals surface area (Å²) in [5.74, 6) is 0.670. The Labute approximate surface area is 206 Å². The highest BCUT2D eigenvalue weighted by Gasteiger charge is 2.25. The molecule has 0 spiro atoms. The fraction of sp³-hybridized carbons (Fsp3) is 0.292. The van der Waals surface area contributed by atoms with Crippen molar-refractivity contribution in [3.8, 4) is 0 Å². The minimum absolute atomic E-state index is 0.368. The van der Waals surface area contributed by atoms with E-state index in [1.54, 1.807) is 7.05 Å². The standard InChI is InChI=1S/C24H24Cl2N6O2/c1-29-21-20(22(33)28-24(29)34)32(15-17-5-3-7-19(26)13-17)23(27-21)31-10-8-30(9-11-31)14-16-4-2-6-18(25)12-16/h2-7,12-13H,8-11,14-15H2,1H3,(H,28,33,34). The van der Waals surface area contributed by atoms with Gasteiger partial charge in [-0.05, 0) is 35.4 Å². The molecular weight excluding hydrogens is 475 g/mol. The number of piperazine rings is 1. The van der Waals surface area contributed by atoms with Crippen molar-refractivity contribution in [2.24, 2.45) is 7.05 Å². The van der Waals surface area contributed by atoms with Gasteiger partial charge < -0.3 is 4.90 Å². The average Bonchev–Trinajstić information content (AvgIpc) is 3.18. The second kappa shape index (κ2) is 9.29. The van der Waals surface area contributed by atoms with E-state index < -0.39 is 11.2 Å². The molecule has 1 aliphatic rings. The summed E-state index contributed by atoms with van der Waals surface area (Å²) < 4.78 is 3.26. The van der Waals surface area contributed by atoms with Crippen LogP contribution in [0.2, 0.25) is 10.0 Å². The van der Waals surface area contributed by atoms with Gasteiger partial charge in [0.1, 0.15) is 0 Å². The second-order valence-electron chi connectivity index (χ2n) is 8.51. The molecule has 0 saturated carbocycles. The smallest absolute Gasteiger partial charge is 0.329 e. The highest BCUT2D eigenvalue weighted by molar-refractivity contribution is 6.30. The molecule has 1 aliphatic heterocycles. The Balaban J connectivity index is 1.47. The summed E-state index contributed by atoms with van der Waals surface area (Å²) in [5, 5.41) is 1.36. The van der Waals surface area contributed by atoms with E-state index in [1.165, 1.54) is 10.1 Å². The van der Waals surface area contributed by atoms with Crippen LogP contribution in [-0.4, -0.2) is 50.2 Å². The van der Waals surface area contributed by atoms with Crippen molar-refractivity contribution in [3.05, 3.63) is 90.5 Å². The molecule has 34 heavy (non-hydrogen) atoms. The predicted molar refractivity (Wildman–Crippen MR) is 135 cm³/mol. The van der Waals surface area contributed by atoms with Crippen LogP contribution >= 0.6 is 23.2 Å². The molecule has 1 fully saturated rings. The number of benzene rings is 2. The number of H-pyrrole nitrogens is 1. The summed E-state index contributed by atoms with van der Waals surface area (Å²) in [5.41, 5.74) is 1.93. The van der Waals surface area contributed by atoms with Crippen molar-refractivity contribution in [3.63, 3.8) is 0 Å². The van der Waals surface area contributed by atoms with Crippen molar-refractivity contribution >= 4 is 40.3 Å². The number of hydrogen-bond acceptors (Lipinski definition) is 5. The molecule has 5 rings (SSSR count). The SMILES string of the molecule is Cn1c(=O)[nH]c(=O)c2c1nc(N1CCN(Cc3cccc(Cl)c3)CC1)n2Cc1cccc(Cl)c1. The minimum Gasteiger partial charge on any atom is -0.340 e. The Kier molecular flexibility index (Phi) is 6.20. The summed E-state index contributed by atoms with van der Waals surface area (Å²) in [6, 6.07) is 15.4. The Hall–Kier alpha value is -3.07. The third kappa shape index (κ3) is 4.49. The maximum absolute atomic E-state index is 12.8. The molecule has 4 aromatic rings. The number of aromatic amines is 1. The number of hydrogen-bond donors (Lipinski definition) is 1. The van der Waals surface area contributed by atoms with Crippen LogP contribution in [0.25, 0.3) is 11.2 Å². The van der Waals surface area contributed by atoms with Gasteiger partial charge in [-0.15, -0.1) is 0 Å². The number of rotatable bonds is 5. The van der Waals surface area contributed by atoms with Crippen molar-refractivity contribution in [1.82, 2.24) is 24.0 Å². The van der Waals surface area contributed by atoms with Gasteiger partial charge in [0.05, 0.1) is 6.54 Å². The number of halogens is 2. The lowest BCUT2D eigenvalue weighted by Gasteiger charge is -2.35. The zero-order chi connectivity index (χ0) is 23.8. The van der Waals surface area contributed by atoms with Crippen molar-refractivity contribution in [2.45, 2.75) is 13.1 Å². The van der Waals surface area contributed by atoms with E-state index in [2.05, 4.69) is 20.9 Å². The van der Waals surface area contributed by atoms with Gasteiger partial charge in [-0.2, -0.15) is 4.98 Å². The van der Waals surface area contributed by atoms with Crippen LogP contribution in [0.5, 0.6) is 0 Å². The zero-order valence-electron chi connectivity index (χ0n) is 18.7. The topological polar surface area (TPSA) is 79.2 Å². The molecule has 176 valence electrons. The molecule has 0 aliphatic carbocycles. The largest absolute Gasteiger partial charge is 0.340 e. The molecule has 0 unspecified atom stereocenters. The quantitative estimate of drug-likeness (QED) is 0.457. The van der Waals surface area contributed by atoms with Crippen LogP contribution in [0.3, 0.4) is 0 Å². The molecule has 8 nitrogen and oxygen atoms in total. The van der Waals surface area contributed by atoms with E-state index in [1.807, 2.05) is 47.0 Å². The fourth-order valence-corrected chi connectivity index (χ4v) is 4.86. The van der Waals surface area contributed by atoms with Crippen molar-refractivity contribution < 1.29 is 0 Å². The van der Waals surface area contributed by atoms with Gasteiger partial charge in [-0.3, -0.25) is 23.8 Å². The second-order valence-corrected chi connectivity index (χ2v) is 9.38. The predicted octanol–water partition coefficient (Wildman–Crippen LogP) is 3.10. The molecule has 0 atom stereocenters. The molecule has 0 bridgehead atoms. The van der Waals surface area contributed by atoms with Crippen LogP contribution in [0, 0.1) is 0 Å². The molecular formula is C24H24Cl2N6O2. The Morgan fingerprint density at radius 3 is 2.15 bits per heavy atom. The van der Waals surface area contributed by atoms with Gasteiger partial charge in [0.15, 0.2) is 11.2 Å². The summed E-state index contributed by atoms with van der Waals surface area (Å²) in [6.45, 7) is 4.39. The van der Waals surface area contributed by atoms with Gasteiger partial charge >= 0.3 is 5.69 Å². The van der Waals surface area contributed by atoms with E-state index in [9.17, 15) is 9.59 Å². The van der Waals surface area contributed by atoms with E-state index in [-0.39, 0.29) is 0 Å². The molecule has 0 radical (unpaired) electrons. The van der Waals surface area contributed by atoms with E-state index in [0.717, 1.165) is 43.3 Å². The van der Waals surface area contributed by atoms with E-state index in [4.69, 9.17) is 28.2 Å². The molecule has 1 saturated heterocycles.